The van der Waals surface area contributed by atoms with Gasteiger partial charge in [-0.15, -0.1) is 0 Å². The Balaban J connectivity index is 2.90. The quantitative estimate of drug-likeness (QED) is 0.774. The predicted octanol–water partition coefficient (Wildman–Crippen LogP) is 2.91. The van der Waals surface area contributed by atoms with Crippen LogP contribution in [0.3, 0.4) is 0 Å². The first-order chi connectivity index (χ1) is 8.72. The van der Waals surface area contributed by atoms with Crippen LogP contribution in [-0.4, -0.2) is 27.4 Å². The number of rotatable bonds is 8. The number of methoxy groups -OCH3 is 2. The van der Waals surface area contributed by atoms with Crippen molar-refractivity contribution in [3.63, 3.8) is 0 Å². The van der Waals surface area contributed by atoms with E-state index in [9.17, 15) is 4.39 Å². The third kappa shape index (κ3) is 4.27. The van der Waals surface area contributed by atoms with Crippen molar-refractivity contribution >= 4 is 0 Å². The van der Waals surface area contributed by atoms with Gasteiger partial charge in [0.05, 0.1) is 7.11 Å². The van der Waals surface area contributed by atoms with E-state index in [1.54, 1.807) is 20.3 Å². The Kier molecular flexibility index (Phi) is 6.68. The number of benzene rings is 1. The van der Waals surface area contributed by atoms with Crippen LogP contribution in [0.15, 0.2) is 18.2 Å². The first-order valence-electron chi connectivity index (χ1n) is 6.28. The third-order valence-electron chi connectivity index (χ3n) is 2.82. The highest BCUT2D eigenvalue weighted by Gasteiger charge is 2.16. The maximum atomic E-state index is 13.4. The minimum Gasteiger partial charge on any atom is -0.496 e. The fourth-order valence-electron chi connectivity index (χ4n) is 1.90. The molecule has 1 rings (SSSR count). The SMILES string of the molecule is CCCNC(CCOC)c1cc(F)ccc1OC. The highest BCUT2D eigenvalue weighted by molar-refractivity contribution is 5.36. The van der Waals surface area contributed by atoms with Crippen molar-refractivity contribution in [3.05, 3.63) is 29.6 Å². The maximum Gasteiger partial charge on any atom is 0.123 e. The van der Waals surface area contributed by atoms with Crippen molar-refractivity contribution in [2.45, 2.75) is 25.8 Å². The van der Waals surface area contributed by atoms with Gasteiger partial charge in [0.25, 0.3) is 0 Å². The van der Waals surface area contributed by atoms with Crippen LogP contribution in [0.4, 0.5) is 4.39 Å². The molecule has 0 heterocycles. The molecule has 1 N–H and O–H groups in total. The van der Waals surface area contributed by atoms with E-state index < -0.39 is 0 Å². The molecule has 0 aliphatic heterocycles. The van der Waals surface area contributed by atoms with Gasteiger partial charge >= 0.3 is 0 Å². The molecular formula is C14H22FNO2. The number of hydrogen-bond acceptors (Lipinski definition) is 3. The van der Waals surface area contributed by atoms with E-state index in [2.05, 4.69) is 12.2 Å². The summed E-state index contributed by atoms with van der Waals surface area (Å²) in [6, 6.07) is 4.66. The molecular weight excluding hydrogens is 233 g/mol. The smallest absolute Gasteiger partial charge is 0.123 e. The molecule has 0 fully saturated rings. The molecule has 4 heteroatoms. The third-order valence-corrected chi connectivity index (χ3v) is 2.82. The van der Waals surface area contributed by atoms with Crippen molar-refractivity contribution in [3.8, 4) is 5.75 Å². The molecule has 1 atom stereocenters. The van der Waals surface area contributed by atoms with Gasteiger partial charge in [-0.05, 0) is 37.6 Å². The lowest BCUT2D eigenvalue weighted by Crippen LogP contribution is -2.24. The van der Waals surface area contributed by atoms with Crippen LogP contribution in [0.25, 0.3) is 0 Å². The molecule has 0 aliphatic rings. The van der Waals surface area contributed by atoms with Crippen LogP contribution in [0.5, 0.6) is 5.75 Å². The molecule has 3 nitrogen and oxygen atoms in total. The van der Waals surface area contributed by atoms with Gasteiger partial charge in [-0.25, -0.2) is 4.39 Å². The lowest BCUT2D eigenvalue weighted by atomic mass is 10.0. The van der Waals surface area contributed by atoms with Crippen molar-refractivity contribution in [1.29, 1.82) is 0 Å². The van der Waals surface area contributed by atoms with Gasteiger partial charge in [-0.2, -0.15) is 0 Å². The second-order valence-corrected chi connectivity index (χ2v) is 4.17. The van der Waals surface area contributed by atoms with Gasteiger partial charge in [0.15, 0.2) is 0 Å². The Labute approximate surface area is 108 Å². The minimum absolute atomic E-state index is 0.0514. The van der Waals surface area contributed by atoms with Crippen LogP contribution in [-0.2, 0) is 4.74 Å². The van der Waals surface area contributed by atoms with E-state index in [1.165, 1.54) is 12.1 Å². The second kappa shape index (κ2) is 8.06. The molecule has 102 valence electrons. The molecule has 0 aromatic heterocycles. The number of hydrogen-bond donors (Lipinski definition) is 1. The summed E-state index contributed by atoms with van der Waals surface area (Å²) in [7, 11) is 3.27. The molecule has 0 saturated carbocycles. The van der Waals surface area contributed by atoms with E-state index in [4.69, 9.17) is 9.47 Å². The molecule has 0 aliphatic carbocycles. The van der Waals surface area contributed by atoms with Gasteiger partial charge in [-0.1, -0.05) is 6.92 Å². The summed E-state index contributed by atoms with van der Waals surface area (Å²) in [5.74, 6) is 0.465. The Hall–Kier alpha value is -1.13. The van der Waals surface area contributed by atoms with Gasteiger partial charge < -0.3 is 14.8 Å². The zero-order chi connectivity index (χ0) is 13.4. The van der Waals surface area contributed by atoms with Gasteiger partial charge in [-0.3, -0.25) is 0 Å². The second-order valence-electron chi connectivity index (χ2n) is 4.17. The van der Waals surface area contributed by atoms with Gasteiger partial charge in [0.2, 0.25) is 0 Å². The number of halogens is 1. The average Bonchev–Trinajstić information content (AvgIpc) is 2.39. The summed E-state index contributed by atoms with van der Waals surface area (Å²) in [6.45, 7) is 3.61. The molecule has 1 aromatic rings. The fourth-order valence-corrected chi connectivity index (χ4v) is 1.90. The van der Waals surface area contributed by atoms with Crippen molar-refractivity contribution in [2.75, 3.05) is 27.4 Å². The van der Waals surface area contributed by atoms with Crippen LogP contribution in [0.2, 0.25) is 0 Å². The topological polar surface area (TPSA) is 30.5 Å². The van der Waals surface area contributed by atoms with E-state index >= 15 is 0 Å². The summed E-state index contributed by atoms with van der Waals surface area (Å²) >= 11 is 0. The summed E-state index contributed by atoms with van der Waals surface area (Å²) < 4.78 is 23.8. The van der Waals surface area contributed by atoms with Crippen LogP contribution < -0.4 is 10.1 Å². The number of ether oxygens (including phenoxy) is 2. The molecule has 1 aromatic carbocycles. The average molecular weight is 255 g/mol. The van der Waals surface area contributed by atoms with Crippen molar-refractivity contribution in [2.24, 2.45) is 0 Å². The van der Waals surface area contributed by atoms with Gasteiger partial charge in [0, 0.05) is 25.3 Å². The Morgan fingerprint density at radius 1 is 1.33 bits per heavy atom. The highest BCUT2D eigenvalue weighted by atomic mass is 19.1. The normalized spacial score (nSPS) is 12.4. The lowest BCUT2D eigenvalue weighted by Gasteiger charge is -2.21. The zero-order valence-electron chi connectivity index (χ0n) is 11.3. The fraction of sp³-hybridized carbons (Fsp3) is 0.571. The largest absolute Gasteiger partial charge is 0.496 e. The summed E-state index contributed by atoms with van der Waals surface area (Å²) in [5.41, 5.74) is 0.850. The summed E-state index contributed by atoms with van der Waals surface area (Å²) in [4.78, 5) is 0. The van der Waals surface area contributed by atoms with E-state index in [1.807, 2.05) is 0 Å². The predicted molar refractivity (Wildman–Crippen MR) is 70.5 cm³/mol. The summed E-state index contributed by atoms with van der Waals surface area (Å²) in [6.07, 6.45) is 1.82. The monoisotopic (exact) mass is 255 g/mol. The van der Waals surface area contributed by atoms with Crippen molar-refractivity contribution < 1.29 is 13.9 Å². The lowest BCUT2D eigenvalue weighted by molar-refractivity contribution is 0.182. The Bertz CT molecular complexity index is 350. The van der Waals surface area contributed by atoms with Gasteiger partial charge in [0.1, 0.15) is 11.6 Å². The number of nitrogens with one attached hydrogen (secondary N) is 1. The van der Waals surface area contributed by atoms with Crippen LogP contribution in [0.1, 0.15) is 31.4 Å². The molecule has 0 spiro atoms. The van der Waals surface area contributed by atoms with E-state index in [0.29, 0.717) is 12.4 Å². The minimum atomic E-state index is -0.244. The molecule has 1 unspecified atom stereocenters. The molecule has 0 bridgehead atoms. The molecule has 18 heavy (non-hydrogen) atoms. The molecule has 0 radical (unpaired) electrons. The maximum absolute atomic E-state index is 13.4. The van der Waals surface area contributed by atoms with Crippen molar-refractivity contribution in [1.82, 2.24) is 5.32 Å². The zero-order valence-corrected chi connectivity index (χ0v) is 11.3. The summed E-state index contributed by atoms with van der Waals surface area (Å²) in [5, 5.41) is 3.40. The Morgan fingerprint density at radius 2 is 2.11 bits per heavy atom. The standard InChI is InChI=1S/C14H22FNO2/c1-4-8-16-13(7-9-17-2)12-10-11(15)5-6-14(12)18-3/h5-6,10,13,16H,4,7-9H2,1-3H3. The highest BCUT2D eigenvalue weighted by Crippen LogP contribution is 2.28. The van der Waals surface area contributed by atoms with E-state index in [-0.39, 0.29) is 11.9 Å². The van der Waals surface area contributed by atoms with Crippen LogP contribution in [0, 0.1) is 5.82 Å². The molecule has 0 amide bonds. The molecule has 0 saturated heterocycles. The van der Waals surface area contributed by atoms with Crippen LogP contribution >= 0.6 is 0 Å². The Morgan fingerprint density at radius 3 is 2.72 bits per heavy atom. The van der Waals surface area contributed by atoms with E-state index in [0.717, 1.165) is 24.9 Å². The first kappa shape index (κ1) is 14.9. The first-order valence-corrected chi connectivity index (χ1v) is 6.28.